The van der Waals surface area contributed by atoms with Gasteiger partial charge in [-0.3, -0.25) is 4.79 Å². The van der Waals surface area contributed by atoms with Crippen molar-refractivity contribution in [3.8, 4) is 17.2 Å². The van der Waals surface area contributed by atoms with Gasteiger partial charge in [-0.05, 0) is 37.5 Å². The Morgan fingerprint density at radius 1 is 1.00 bits per heavy atom. The van der Waals surface area contributed by atoms with Gasteiger partial charge in [0.25, 0.3) is 5.91 Å². The van der Waals surface area contributed by atoms with Crippen LogP contribution in [0.3, 0.4) is 0 Å². The third kappa shape index (κ3) is 4.68. The van der Waals surface area contributed by atoms with Crippen LogP contribution in [0, 0.1) is 0 Å². The molecule has 2 heterocycles. The summed E-state index contributed by atoms with van der Waals surface area (Å²) in [7, 11) is 3.09. The number of nitrogens with zero attached hydrogens (tertiary/aromatic N) is 1. The van der Waals surface area contributed by atoms with Crippen LogP contribution in [0.4, 0.5) is 16.2 Å². The lowest BCUT2D eigenvalue weighted by atomic mass is 9.97. The number of piperidine rings is 1. The number of carbonyl (C=O) groups is 2. The second-order valence-corrected chi connectivity index (χ2v) is 7.68. The van der Waals surface area contributed by atoms with Crippen molar-refractivity contribution in [2.24, 2.45) is 0 Å². The minimum atomic E-state index is -0.440. The number of carbonyl (C=O) groups excluding carboxylic acids is 2. The van der Waals surface area contributed by atoms with E-state index in [0.717, 1.165) is 32.2 Å². The van der Waals surface area contributed by atoms with Crippen LogP contribution >= 0.6 is 0 Å². The first-order valence-electron chi connectivity index (χ1n) is 10.5. The van der Waals surface area contributed by atoms with Gasteiger partial charge >= 0.3 is 6.03 Å². The minimum Gasteiger partial charge on any atom is -0.497 e. The highest BCUT2D eigenvalue weighted by Crippen LogP contribution is 2.31. The number of nitrogens with one attached hydrogen (secondary N) is 2. The van der Waals surface area contributed by atoms with E-state index in [2.05, 4.69) is 10.6 Å². The van der Waals surface area contributed by atoms with Crippen molar-refractivity contribution < 1.29 is 23.8 Å². The number of ether oxygens (including phenoxy) is 3. The smallest absolute Gasteiger partial charge is 0.323 e. The van der Waals surface area contributed by atoms with Gasteiger partial charge in [-0.1, -0.05) is 0 Å². The van der Waals surface area contributed by atoms with Crippen molar-refractivity contribution >= 4 is 23.3 Å². The Hall–Kier alpha value is -3.42. The van der Waals surface area contributed by atoms with Crippen molar-refractivity contribution in [3.63, 3.8) is 0 Å². The molecule has 1 atom stereocenters. The zero-order valence-electron chi connectivity index (χ0n) is 17.8. The Balaban J connectivity index is 1.51. The van der Waals surface area contributed by atoms with Crippen LogP contribution in [0.25, 0.3) is 0 Å². The number of benzene rings is 2. The summed E-state index contributed by atoms with van der Waals surface area (Å²) in [5.74, 6) is 1.64. The lowest BCUT2D eigenvalue weighted by Gasteiger charge is -2.37. The van der Waals surface area contributed by atoms with E-state index in [-0.39, 0.29) is 11.9 Å². The van der Waals surface area contributed by atoms with Gasteiger partial charge in [-0.25, -0.2) is 4.79 Å². The fourth-order valence-electron chi connectivity index (χ4n) is 4.10. The number of fused-ring (bicyclic) bond motifs is 2. The normalized spacial score (nSPS) is 17.9. The maximum atomic E-state index is 13.2. The maximum absolute atomic E-state index is 13.2. The number of rotatable bonds is 4. The first-order chi connectivity index (χ1) is 15.1. The number of hydrogen-bond donors (Lipinski definition) is 2. The molecule has 0 spiro atoms. The summed E-state index contributed by atoms with van der Waals surface area (Å²) in [5.41, 5.74) is 1.51. The van der Waals surface area contributed by atoms with Crippen molar-refractivity contribution in [3.05, 3.63) is 42.0 Å². The van der Waals surface area contributed by atoms with Gasteiger partial charge in [0.2, 0.25) is 0 Å². The highest BCUT2D eigenvalue weighted by molar-refractivity contribution is 6.02. The third-order valence-electron chi connectivity index (χ3n) is 5.67. The summed E-state index contributed by atoms with van der Waals surface area (Å²) < 4.78 is 16.3. The lowest BCUT2D eigenvalue weighted by Crippen LogP contribution is -2.45. The summed E-state index contributed by atoms with van der Waals surface area (Å²) in [6.45, 7) is 1.34. The van der Waals surface area contributed by atoms with Crippen LogP contribution in [0.2, 0.25) is 0 Å². The van der Waals surface area contributed by atoms with Gasteiger partial charge in [0.05, 0.1) is 26.4 Å². The molecule has 0 radical (unpaired) electrons. The second-order valence-electron chi connectivity index (χ2n) is 7.68. The molecule has 8 heteroatoms. The van der Waals surface area contributed by atoms with E-state index in [1.54, 1.807) is 50.6 Å². The van der Waals surface area contributed by atoms with Crippen molar-refractivity contribution in [2.45, 2.75) is 31.7 Å². The molecular formula is C23H27N3O5. The number of urea groups is 1. The summed E-state index contributed by atoms with van der Waals surface area (Å²) >= 11 is 0. The van der Waals surface area contributed by atoms with Gasteiger partial charge in [0.1, 0.15) is 17.2 Å². The lowest BCUT2D eigenvalue weighted by molar-refractivity contribution is 0.0548. The molecule has 1 fully saturated rings. The van der Waals surface area contributed by atoms with E-state index in [1.807, 2.05) is 4.90 Å². The van der Waals surface area contributed by atoms with Gasteiger partial charge < -0.3 is 29.7 Å². The molecule has 3 amide bonds. The first kappa shape index (κ1) is 20.8. The molecule has 2 aliphatic heterocycles. The second kappa shape index (κ2) is 9.16. The Morgan fingerprint density at radius 2 is 1.74 bits per heavy atom. The summed E-state index contributed by atoms with van der Waals surface area (Å²) in [6.07, 6.45) is 4.01. The van der Waals surface area contributed by atoms with E-state index in [4.69, 9.17) is 14.2 Å². The summed E-state index contributed by atoms with van der Waals surface area (Å²) in [5, 5.41) is 5.55. The molecule has 0 aliphatic carbocycles. The molecule has 2 aromatic rings. The maximum Gasteiger partial charge on any atom is 0.323 e. The number of hydrogen-bond acceptors (Lipinski definition) is 5. The molecule has 0 aromatic heterocycles. The zero-order valence-corrected chi connectivity index (χ0v) is 17.8. The van der Waals surface area contributed by atoms with E-state index in [9.17, 15) is 9.59 Å². The van der Waals surface area contributed by atoms with Gasteiger partial charge in [-0.15, -0.1) is 0 Å². The Bertz CT molecular complexity index is 955. The molecule has 8 nitrogen and oxygen atoms in total. The Morgan fingerprint density at radius 3 is 2.48 bits per heavy atom. The fraction of sp³-hybridized carbons (Fsp3) is 0.391. The number of anilines is 2. The van der Waals surface area contributed by atoms with E-state index in [1.165, 1.54) is 0 Å². The highest BCUT2D eigenvalue weighted by atomic mass is 16.5. The highest BCUT2D eigenvalue weighted by Gasteiger charge is 2.31. The van der Waals surface area contributed by atoms with Crippen molar-refractivity contribution in [1.29, 1.82) is 0 Å². The SMILES string of the molecule is COc1cc(NC(=O)Nc2ccc3c(c2)C(=O)N2CCCCC2CCO3)cc(OC)c1. The molecule has 2 aromatic carbocycles. The quantitative estimate of drug-likeness (QED) is 0.769. The van der Waals surface area contributed by atoms with Crippen LogP contribution < -0.4 is 24.8 Å². The molecule has 0 saturated carbocycles. The first-order valence-corrected chi connectivity index (χ1v) is 10.5. The van der Waals surface area contributed by atoms with Crippen molar-refractivity contribution in [1.82, 2.24) is 4.90 Å². The van der Waals surface area contributed by atoms with E-state index < -0.39 is 6.03 Å². The monoisotopic (exact) mass is 425 g/mol. The average molecular weight is 425 g/mol. The Kier molecular flexibility index (Phi) is 6.16. The largest absolute Gasteiger partial charge is 0.497 e. The third-order valence-corrected chi connectivity index (χ3v) is 5.67. The molecule has 4 rings (SSSR count). The molecule has 1 saturated heterocycles. The van der Waals surface area contributed by atoms with Crippen molar-refractivity contribution in [2.75, 3.05) is 38.0 Å². The topological polar surface area (TPSA) is 89.1 Å². The van der Waals surface area contributed by atoms with Gasteiger partial charge in [0, 0.05) is 48.6 Å². The predicted octanol–water partition coefficient (Wildman–Crippen LogP) is 4.13. The molecule has 2 aliphatic rings. The fourth-order valence-corrected chi connectivity index (χ4v) is 4.10. The van der Waals surface area contributed by atoms with Gasteiger partial charge in [0.15, 0.2) is 0 Å². The van der Waals surface area contributed by atoms with Crippen LogP contribution in [0.5, 0.6) is 17.2 Å². The molecule has 1 unspecified atom stereocenters. The Labute approximate surface area is 181 Å². The van der Waals surface area contributed by atoms with Crippen LogP contribution in [0.15, 0.2) is 36.4 Å². The van der Waals surface area contributed by atoms with Crippen LogP contribution in [-0.2, 0) is 0 Å². The van der Waals surface area contributed by atoms with Crippen LogP contribution in [0.1, 0.15) is 36.0 Å². The van der Waals surface area contributed by atoms with Gasteiger partial charge in [-0.2, -0.15) is 0 Å². The standard InChI is InChI=1S/C23H27N3O5/c1-29-18-11-16(12-19(14-18)30-2)25-23(28)24-15-6-7-21-20(13-15)22(27)26-9-4-3-5-17(26)8-10-31-21/h6-7,11-14,17H,3-5,8-10H2,1-2H3,(H2,24,25,28). The number of methoxy groups -OCH3 is 2. The molecule has 164 valence electrons. The van der Waals surface area contributed by atoms with E-state index in [0.29, 0.717) is 40.8 Å². The molecular weight excluding hydrogens is 398 g/mol. The average Bonchev–Trinajstić information content (AvgIpc) is 2.78. The zero-order chi connectivity index (χ0) is 21.8. The summed E-state index contributed by atoms with van der Waals surface area (Å²) in [4.78, 5) is 27.7. The predicted molar refractivity (Wildman–Crippen MR) is 117 cm³/mol. The van der Waals surface area contributed by atoms with Crippen LogP contribution in [-0.4, -0.2) is 50.3 Å². The minimum absolute atomic E-state index is 0.0407. The van der Waals surface area contributed by atoms with E-state index >= 15 is 0 Å². The molecule has 31 heavy (non-hydrogen) atoms. The number of amides is 3. The molecule has 0 bridgehead atoms. The molecule has 2 N–H and O–H groups in total. The summed E-state index contributed by atoms with van der Waals surface area (Å²) in [6, 6.07) is 10.0.